The normalized spacial score (nSPS) is 14.0. The van der Waals surface area contributed by atoms with Gasteiger partial charge in [-0.3, -0.25) is 4.57 Å². The maximum absolute atomic E-state index is 11.9. The van der Waals surface area contributed by atoms with Gasteiger partial charge < -0.3 is 28.6 Å². The van der Waals surface area contributed by atoms with E-state index in [4.69, 9.17) is 19.3 Å². The van der Waals surface area contributed by atoms with Crippen molar-refractivity contribution in [3.63, 3.8) is 0 Å². The Bertz CT molecular complexity index is 460. The molecule has 0 spiro atoms. The highest BCUT2D eigenvalue weighted by molar-refractivity contribution is 7.45. The molecule has 7 nitrogen and oxygen atoms in total. The van der Waals surface area contributed by atoms with Gasteiger partial charge in [0, 0.05) is 0 Å². The highest BCUT2D eigenvalue weighted by Gasteiger charge is 2.21. The number of phosphoric acid groups is 1. The molecule has 0 aliphatic rings. The van der Waals surface area contributed by atoms with Gasteiger partial charge in [0.1, 0.15) is 26.2 Å². The van der Waals surface area contributed by atoms with E-state index >= 15 is 0 Å². The second-order valence-corrected chi connectivity index (χ2v) is 11.1. The van der Waals surface area contributed by atoms with E-state index < -0.39 is 7.82 Å². The number of hydrogen-bond donors (Lipinski definition) is 2. The fourth-order valence-corrected chi connectivity index (χ4v) is 4.79. The van der Waals surface area contributed by atoms with Crippen molar-refractivity contribution < 1.29 is 33.2 Å². The number of nitrogens with zero attached hydrogens (tertiary/aromatic N) is 1. The van der Waals surface area contributed by atoms with Crippen LogP contribution >= 0.6 is 7.82 Å². The van der Waals surface area contributed by atoms with E-state index in [9.17, 15) is 9.46 Å². The Morgan fingerprint density at radius 1 is 0.636 bits per heavy atom. The summed E-state index contributed by atoms with van der Waals surface area (Å²) in [4.78, 5) is 11.9. The van der Waals surface area contributed by atoms with Crippen molar-refractivity contribution in [3.8, 4) is 0 Å². The number of aliphatic hydroxyl groups is 2. The van der Waals surface area contributed by atoms with Gasteiger partial charge in [0.15, 0.2) is 0 Å². The Morgan fingerprint density at radius 3 is 1.39 bits per heavy atom. The standard InChI is InChI=1S/C25H54NO6P/c1-3-4-5-6-7-8-9-10-11-12-13-14-15-16-17-18-24-31-33(29,30)32-25-21-26(2,19-22-27)20-23-28/h27-28H,3-25H2,1-2H3. The van der Waals surface area contributed by atoms with Crippen LogP contribution in [0.1, 0.15) is 110 Å². The van der Waals surface area contributed by atoms with Crippen molar-refractivity contribution >= 4 is 7.82 Å². The van der Waals surface area contributed by atoms with Crippen LogP contribution in [-0.2, 0) is 13.6 Å². The van der Waals surface area contributed by atoms with Crippen molar-refractivity contribution in [1.29, 1.82) is 0 Å². The molecule has 200 valence electrons. The van der Waals surface area contributed by atoms with Gasteiger partial charge in [-0.1, -0.05) is 103 Å². The Hall–Kier alpha value is -0.0100. The molecule has 0 heterocycles. The summed E-state index contributed by atoms with van der Waals surface area (Å²) in [6.07, 6.45) is 20.4. The molecule has 0 fully saturated rings. The minimum atomic E-state index is -4.29. The number of rotatable bonds is 26. The minimum Gasteiger partial charge on any atom is -0.756 e. The van der Waals surface area contributed by atoms with Crippen molar-refractivity contribution in [1.82, 2.24) is 0 Å². The summed E-state index contributed by atoms with van der Waals surface area (Å²) in [5.74, 6) is 0. The molecule has 0 aromatic rings. The largest absolute Gasteiger partial charge is 0.756 e. The van der Waals surface area contributed by atoms with Crippen molar-refractivity contribution in [2.75, 3.05) is 53.1 Å². The Balaban J connectivity index is 3.50. The molecule has 8 heteroatoms. The molecule has 1 atom stereocenters. The van der Waals surface area contributed by atoms with Crippen molar-refractivity contribution in [2.24, 2.45) is 0 Å². The lowest BCUT2D eigenvalue weighted by Gasteiger charge is -2.34. The molecule has 0 bridgehead atoms. The van der Waals surface area contributed by atoms with Gasteiger partial charge >= 0.3 is 0 Å². The third kappa shape index (κ3) is 22.2. The highest BCUT2D eigenvalue weighted by atomic mass is 31.2. The van der Waals surface area contributed by atoms with Crippen LogP contribution in [0.2, 0.25) is 0 Å². The van der Waals surface area contributed by atoms with Gasteiger partial charge in [-0.2, -0.15) is 0 Å². The van der Waals surface area contributed by atoms with Crippen LogP contribution in [-0.4, -0.2) is 67.8 Å². The number of quaternary nitrogens is 1. The minimum absolute atomic E-state index is 0.0176. The summed E-state index contributed by atoms with van der Waals surface area (Å²) in [7, 11) is -2.44. The lowest BCUT2D eigenvalue weighted by molar-refractivity contribution is -0.910. The van der Waals surface area contributed by atoms with Gasteiger partial charge in [0.05, 0.1) is 26.9 Å². The second kappa shape index (κ2) is 22.5. The Morgan fingerprint density at radius 2 is 1.00 bits per heavy atom. The lowest BCUT2D eigenvalue weighted by atomic mass is 10.0. The van der Waals surface area contributed by atoms with E-state index in [0.717, 1.165) is 19.3 Å². The number of unbranched alkanes of at least 4 members (excludes halogenated alkanes) is 15. The van der Waals surface area contributed by atoms with Gasteiger partial charge in [-0.25, -0.2) is 0 Å². The van der Waals surface area contributed by atoms with E-state index in [1.807, 2.05) is 7.05 Å². The zero-order valence-corrected chi connectivity index (χ0v) is 22.6. The average Bonchev–Trinajstić information content (AvgIpc) is 2.76. The molecule has 0 amide bonds. The van der Waals surface area contributed by atoms with E-state index in [1.54, 1.807) is 0 Å². The Labute approximate surface area is 204 Å². The molecule has 1 unspecified atom stereocenters. The first-order valence-electron chi connectivity index (χ1n) is 13.5. The summed E-state index contributed by atoms with van der Waals surface area (Å²) in [6.45, 7) is 3.62. The van der Waals surface area contributed by atoms with Gasteiger partial charge in [-0.15, -0.1) is 0 Å². The van der Waals surface area contributed by atoms with Crippen LogP contribution in [0, 0.1) is 0 Å². The van der Waals surface area contributed by atoms with E-state index in [1.165, 1.54) is 83.5 Å². The first-order valence-corrected chi connectivity index (χ1v) is 15.0. The SMILES string of the molecule is CCCCCCCCCCCCCCCCCCOP(=O)([O-])OCC[N+](C)(CCO)CCO. The fraction of sp³-hybridized carbons (Fsp3) is 1.00. The molecule has 33 heavy (non-hydrogen) atoms. The van der Waals surface area contributed by atoms with E-state index in [2.05, 4.69) is 6.92 Å². The summed E-state index contributed by atoms with van der Waals surface area (Å²) in [5.41, 5.74) is 0. The fourth-order valence-electron chi connectivity index (χ4n) is 4.06. The zero-order chi connectivity index (χ0) is 24.7. The number of phosphoric ester groups is 1. The van der Waals surface area contributed by atoms with Crippen LogP contribution in [0.15, 0.2) is 0 Å². The third-order valence-electron chi connectivity index (χ3n) is 6.41. The summed E-state index contributed by atoms with van der Waals surface area (Å²) in [6, 6.07) is 0. The molecule has 0 aliphatic carbocycles. The van der Waals surface area contributed by atoms with E-state index in [-0.39, 0.29) is 26.4 Å². The van der Waals surface area contributed by atoms with Crippen molar-refractivity contribution in [2.45, 2.75) is 110 Å². The van der Waals surface area contributed by atoms with Gasteiger partial charge in [0.2, 0.25) is 0 Å². The van der Waals surface area contributed by atoms with Crippen LogP contribution in [0.5, 0.6) is 0 Å². The zero-order valence-electron chi connectivity index (χ0n) is 21.7. The third-order valence-corrected chi connectivity index (χ3v) is 7.41. The molecular formula is C25H54NO6P. The van der Waals surface area contributed by atoms with Crippen molar-refractivity contribution in [3.05, 3.63) is 0 Å². The topological polar surface area (TPSA) is 99.1 Å². The molecular weight excluding hydrogens is 441 g/mol. The van der Waals surface area contributed by atoms with E-state index in [0.29, 0.717) is 24.1 Å². The van der Waals surface area contributed by atoms with Gasteiger partial charge in [0.25, 0.3) is 7.82 Å². The number of aliphatic hydroxyl groups excluding tert-OH is 2. The predicted molar refractivity (Wildman–Crippen MR) is 134 cm³/mol. The monoisotopic (exact) mass is 495 g/mol. The maximum atomic E-state index is 11.9. The smallest absolute Gasteiger partial charge is 0.268 e. The highest BCUT2D eigenvalue weighted by Crippen LogP contribution is 2.38. The summed E-state index contributed by atoms with van der Waals surface area (Å²) >= 11 is 0. The van der Waals surface area contributed by atoms with Crippen LogP contribution in [0.4, 0.5) is 0 Å². The number of likely N-dealkylation sites (N-methyl/N-ethyl adjacent to an activating group) is 1. The van der Waals surface area contributed by atoms with Gasteiger partial charge in [-0.05, 0) is 6.42 Å². The average molecular weight is 496 g/mol. The molecule has 0 aromatic carbocycles. The molecule has 0 saturated carbocycles. The first-order chi connectivity index (χ1) is 15.9. The lowest BCUT2D eigenvalue weighted by Crippen LogP contribution is -2.50. The Kier molecular flexibility index (Phi) is 22.4. The molecule has 0 rings (SSSR count). The quantitative estimate of drug-likeness (QED) is 0.0974. The predicted octanol–water partition coefficient (Wildman–Crippen LogP) is 5.18. The second-order valence-electron chi connectivity index (χ2n) is 9.65. The number of hydrogen-bond acceptors (Lipinski definition) is 6. The summed E-state index contributed by atoms with van der Waals surface area (Å²) in [5, 5.41) is 18.2. The van der Waals surface area contributed by atoms with Crippen LogP contribution in [0.3, 0.4) is 0 Å². The van der Waals surface area contributed by atoms with Crippen LogP contribution < -0.4 is 4.89 Å². The molecule has 0 saturated heterocycles. The summed E-state index contributed by atoms with van der Waals surface area (Å²) < 4.78 is 22.1. The maximum Gasteiger partial charge on any atom is 0.268 e. The first kappa shape index (κ1) is 33.0. The molecule has 0 radical (unpaired) electrons. The molecule has 2 N–H and O–H groups in total. The molecule has 0 aliphatic heterocycles. The van der Waals surface area contributed by atoms with Crippen LogP contribution in [0.25, 0.3) is 0 Å². The molecule has 0 aromatic heterocycles.